The van der Waals surface area contributed by atoms with Crippen LogP contribution >= 0.6 is 27.3 Å². The summed E-state index contributed by atoms with van der Waals surface area (Å²) in [6.07, 6.45) is 1.12. The average molecular weight is 367 g/mol. The third kappa shape index (κ3) is 5.55. The van der Waals surface area contributed by atoms with Gasteiger partial charge in [-0.2, -0.15) is 11.3 Å². The molecule has 2 nitrogen and oxygen atoms in total. The van der Waals surface area contributed by atoms with Gasteiger partial charge in [0, 0.05) is 17.1 Å². The summed E-state index contributed by atoms with van der Waals surface area (Å²) in [5, 5.41) is 7.97. The van der Waals surface area contributed by atoms with Gasteiger partial charge in [-0.3, -0.25) is 0 Å². The Morgan fingerprint density at radius 3 is 2.62 bits per heavy atom. The fourth-order valence-corrected chi connectivity index (χ4v) is 3.38. The maximum atomic E-state index is 3.59. The van der Waals surface area contributed by atoms with Crippen LogP contribution in [0.1, 0.15) is 30.5 Å². The zero-order chi connectivity index (χ0) is 15.1. The predicted octanol–water partition coefficient (Wildman–Crippen LogP) is 4.68. The molecular weight excluding hydrogens is 344 g/mol. The highest BCUT2D eigenvalue weighted by Gasteiger charge is 2.11. The van der Waals surface area contributed by atoms with Gasteiger partial charge in [-0.05, 0) is 66.6 Å². The van der Waals surface area contributed by atoms with Gasteiger partial charge < -0.3 is 10.2 Å². The summed E-state index contributed by atoms with van der Waals surface area (Å²) < 4.78 is 1.14. The van der Waals surface area contributed by atoms with E-state index in [-0.39, 0.29) is 0 Å². The lowest BCUT2D eigenvalue weighted by molar-refractivity contribution is 0.302. The summed E-state index contributed by atoms with van der Waals surface area (Å²) >= 11 is 5.27. The third-order valence-corrected chi connectivity index (χ3v) is 4.82. The van der Waals surface area contributed by atoms with Crippen molar-refractivity contribution in [1.82, 2.24) is 10.2 Å². The Hall–Kier alpha value is -0.680. The molecule has 114 valence electrons. The molecule has 0 fully saturated rings. The van der Waals surface area contributed by atoms with Gasteiger partial charge in [-0.1, -0.05) is 35.0 Å². The molecule has 0 radical (unpaired) electrons. The number of halogens is 1. The lowest BCUT2D eigenvalue weighted by Gasteiger charge is -2.22. The normalized spacial score (nSPS) is 12.8. The Labute approximate surface area is 140 Å². The van der Waals surface area contributed by atoms with Crippen molar-refractivity contribution < 1.29 is 0 Å². The minimum absolute atomic E-state index is 0.424. The first-order valence-electron chi connectivity index (χ1n) is 7.37. The van der Waals surface area contributed by atoms with Crippen LogP contribution in [-0.4, -0.2) is 25.0 Å². The Balaban J connectivity index is 1.88. The average Bonchev–Trinajstić information content (AvgIpc) is 2.97. The number of rotatable bonds is 8. The van der Waals surface area contributed by atoms with Crippen molar-refractivity contribution in [3.63, 3.8) is 0 Å². The van der Waals surface area contributed by atoms with E-state index >= 15 is 0 Å². The molecule has 0 saturated heterocycles. The fraction of sp³-hybridized carbons (Fsp3) is 0.412. The van der Waals surface area contributed by atoms with Crippen LogP contribution in [0.15, 0.2) is 45.6 Å². The molecule has 0 aliphatic heterocycles. The summed E-state index contributed by atoms with van der Waals surface area (Å²) in [6.45, 7) is 5.28. The monoisotopic (exact) mass is 366 g/mol. The third-order valence-electron chi connectivity index (χ3n) is 3.55. The molecule has 0 spiro atoms. The van der Waals surface area contributed by atoms with E-state index in [0.29, 0.717) is 6.04 Å². The van der Waals surface area contributed by atoms with Crippen LogP contribution in [0.25, 0.3) is 0 Å². The molecule has 0 bridgehead atoms. The lowest BCUT2D eigenvalue weighted by Crippen LogP contribution is -2.27. The second-order valence-electron chi connectivity index (χ2n) is 5.32. The largest absolute Gasteiger partial charge is 0.310 e. The Bertz CT molecular complexity index is 510. The number of thiophene rings is 1. The van der Waals surface area contributed by atoms with Crippen LogP contribution in [0.5, 0.6) is 0 Å². The molecule has 1 unspecified atom stereocenters. The summed E-state index contributed by atoms with van der Waals surface area (Å²) in [5.74, 6) is 0. The zero-order valence-corrected chi connectivity index (χ0v) is 15.1. The maximum Gasteiger partial charge on any atom is 0.0332 e. The molecule has 0 saturated carbocycles. The van der Waals surface area contributed by atoms with E-state index in [4.69, 9.17) is 0 Å². The van der Waals surface area contributed by atoms with Gasteiger partial charge >= 0.3 is 0 Å². The van der Waals surface area contributed by atoms with E-state index in [1.165, 1.54) is 11.1 Å². The van der Waals surface area contributed by atoms with Crippen LogP contribution in [0.4, 0.5) is 0 Å². The summed E-state index contributed by atoms with van der Waals surface area (Å²) in [5.41, 5.74) is 2.77. The maximum absolute atomic E-state index is 3.59. The Morgan fingerprint density at radius 1 is 1.24 bits per heavy atom. The zero-order valence-electron chi connectivity index (χ0n) is 12.7. The van der Waals surface area contributed by atoms with Gasteiger partial charge in [0.2, 0.25) is 0 Å². The highest BCUT2D eigenvalue weighted by Crippen LogP contribution is 2.20. The van der Waals surface area contributed by atoms with Gasteiger partial charge in [-0.25, -0.2) is 0 Å². The number of nitrogens with one attached hydrogen (secondary N) is 1. The first-order chi connectivity index (χ1) is 10.2. The highest BCUT2D eigenvalue weighted by atomic mass is 79.9. The Kier molecular flexibility index (Phi) is 6.90. The van der Waals surface area contributed by atoms with Crippen molar-refractivity contribution in [2.75, 3.05) is 20.1 Å². The second-order valence-corrected chi connectivity index (χ2v) is 7.02. The molecule has 0 amide bonds. The van der Waals surface area contributed by atoms with E-state index in [9.17, 15) is 0 Å². The quantitative estimate of drug-likeness (QED) is 0.729. The molecule has 1 aromatic carbocycles. The van der Waals surface area contributed by atoms with Gasteiger partial charge in [0.05, 0.1) is 0 Å². The summed E-state index contributed by atoms with van der Waals surface area (Å²) in [7, 11) is 2.20. The van der Waals surface area contributed by atoms with Crippen molar-refractivity contribution in [3.05, 3.63) is 56.7 Å². The smallest absolute Gasteiger partial charge is 0.0332 e. The van der Waals surface area contributed by atoms with E-state index in [0.717, 1.165) is 30.5 Å². The molecule has 1 aromatic heterocycles. The molecule has 0 aliphatic carbocycles. The first-order valence-corrected chi connectivity index (χ1v) is 9.11. The van der Waals surface area contributed by atoms with Crippen LogP contribution < -0.4 is 5.32 Å². The van der Waals surface area contributed by atoms with E-state index < -0.39 is 0 Å². The van der Waals surface area contributed by atoms with Gasteiger partial charge in [0.1, 0.15) is 0 Å². The standard InChI is InChI=1S/C17H23BrN2S/c1-3-19-17(15-4-6-16(18)7-5-15)8-10-20(2)12-14-9-11-21-13-14/h4-7,9,11,13,17,19H,3,8,10,12H2,1-2H3. The number of benzene rings is 1. The van der Waals surface area contributed by atoms with E-state index in [2.05, 4.69) is 81.2 Å². The second kappa shape index (κ2) is 8.69. The van der Waals surface area contributed by atoms with Gasteiger partial charge in [-0.15, -0.1) is 0 Å². The molecular formula is C17H23BrN2S. The van der Waals surface area contributed by atoms with Gasteiger partial charge in [0.15, 0.2) is 0 Å². The summed E-state index contributed by atoms with van der Waals surface area (Å²) in [6, 6.07) is 11.3. The molecule has 4 heteroatoms. The predicted molar refractivity (Wildman–Crippen MR) is 95.8 cm³/mol. The minimum atomic E-state index is 0.424. The van der Waals surface area contributed by atoms with Crippen LogP contribution in [0, 0.1) is 0 Å². The molecule has 2 rings (SSSR count). The number of hydrogen-bond acceptors (Lipinski definition) is 3. The molecule has 1 heterocycles. The minimum Gasteiger partial charge on any atom is -0.310 e. The van der Waals surface area contributed by atoms with E-state index in [1.54, 1.807) is 11.3 Å². The van der Waals surface area contributed by atoms with Crippen molar-refractivity contribution in [2.24, 2.45) is 0 Å². The molecule has 0 aliphatic rings. The highest BCUT2D eigenvalue weighted by molar-refractivity contribution is 9.10. The Morgan fingerprint density at radius 2 is 2.00 bits per heavy atom. The molecule has 21 heavy (non-hydrogen) atoms. The van der Waals surface area contributed by atoms with Crippen LogP contribution in [0.3, 0.4) is 0 Å². The molecule has 2 aromatic rings. The number of nitrogens with zero attached hydrogens (tertiary/aromatic N) is 1. The van der Waals surface area contributed by atoms with E-state index in [1.807, 2.05) is 0 Å². The van der Waals surface area contributed by atoms with Crippen molar-refractivity contribution in [3.8, 4) is 0 Å². The fourth-order valence-electron chi connectivity index (χ4n) is 2.45. The molecule has 1 N–H and O–H groups in total. The summed E-state index contributed by atoms with van der Waals surface area (Å²) in [4.78, 5) is 2.39. The SMILES string of the molecule is CCNC(CCN(C)Cc1ccsc1)c1ccc(Br)cc1. The van der Waals surface area contributed by atoms with Crippen molar-refractivity contribution >= 4 is 27.3 Å². The number of hydrogen-bond donors (Lipinski definition) is 1. The lowest BCUT2D eigenvalue weighted by atomic mass is 10.0. The topological polar surface area (TPSA) is 15.3 Å². The van der Waals surface area contributed by atoms with Gasteiger partial charge in [0.25, 0.3) is 0 Å². The van der Waals surface area contributed by atoms with Crippen LogP contribution in [0.2, 0.25) is 0 Å². The van der Waals surface area contributed by atoms with Crippen LogP contribution in [-0.2, 0) is 6.54 Å². The molecule has 1 atom stereocenters. The van der Waals surface area contributed by atoms with Crippen molar-refractivity contribution in [1.29, 1.82) is 0 Å². The van der Waals surface area contributed by atoms with Crippen molar-refractivity contribution in [2.45, 2.75) is 25.9 Å². The first kappa shape index (κ1) is 16.7.